The molecule has 0 bridgehead atoms. The van der Waals surface area contributed by atoms with Crippen LogP contribution in [0.5, 0.6) is 0 Å². The van der Waals surface area contributed by atoms with Crippen LogP contribution in [0.1, 0.15) is 46.5 Å². The zero-order chi connectivity index (χ0) is 23.6. The number of alkyl carbamates (subject to hydrolysis) is 1. The predicted molar refractivity (Wildman–Crippen MR) is 125 cm³/mol. The maximum Gasteiger partial charge on any atom is 0.407 e. The van der Waals surface area contributed by atoms with Crippen molar-refractivity contribution >= 4 is 28.7 Å². The lowest BCUT2D eigenvalue weighted by molar-refractivity contribution is -0.120. The zero-order valence-electron chi connectivity index (χ0n) is 19.5. The van der Waals surface area contributed by atoms with E-state index in [1.165, 1.54) is 0 Å². The van der Waals surface area contributed by atoms with Gasteiger partial charge < -0.3 is 15.4 Å². The molecule has 9 heteroatoms. The number of hydrogen-bond acceptors (Lipinski definition) is 6. The molecule has 0 atom stereocenters. The van der Waals surface area contributed by atoms with E-state index in [0.29, 0.717) is 18.7 Å². The Labute approximate surface area is 192 Å². The van der Waals surface area contributed by atoms with Crippen molar-refractivity contribution in [3.8, 4) is 11.1 Å². The van der Waals surface area contributed by atoms with Crippen molar-refractivity contribution in [2.45, 2.75) is 58.1 Å². The lowest BCUT2D eigenvalue weighted by atomic mass is 9.85. The second kappa shape index (κ2) is 9.17. The number of carbonyl (C=O) groups excluding carboxylic acids is 2. The zero-order valence-corrected chi connectivity index (χ0v) is 19.5. The molecule has 0 aliphatic heterocycles. The van der Waals surface area contributed by atoms with Gasteiger partial charge in [0.05, 0.1) is 17.9 Å². The first-order valence-electron chi connectivity index (χ1n) is 11.2. The number of aromatic nitrogens is 4. The van der Waals surface area contributed by atoms with Crippen LogP contribution in [0.15, 0.2) is 36.9 Å². The molecule has 4 rings (SSSR count). The lowest BCUT2D eigenvalue weighted by Gasteiger charge is -2.29. The number of hydrogen-bond donors (Lipinski definition) is 2. The number of nitrogens with zero attached hydrogens (tertiary/aromatic N) is 4. The molecule has 3 aromatic heterocycles. The van der Waals surface area contributed by atoms with Crippen LogP contribution in [-0.4, -0.2) is 43.4 Å². The van der Waals surface area contributed by atoms with Gasteiger partial charge in [0.1, 0.15) is 11.4 Å². The molecule has 0 unspecified atom stereocenters. The van der Waals surface area contributed by atoms with E-state index in [0.717, 1.165) is 34.9 Å². The van der Waals surface area contributed by atoms with Gasteiger partial charge >= 0.3 is 6.09 Å². The first-order valence-corrected chi connectivity index (χ1v) is 11.2. The van der Waals surface area contributed by atoms with Crippen LogP contribution in [0.3, 0.4) is 0 Å². The summed E-state index contributed by atoms with van der Waals surface area (Å²) in [4.78, 5) is 33.6. The molecule has 1 saturated carbocycles. The fourth-order valence-electron chi connectivity index (χ4n) is 4.03. The summed E-state index contributed by atoms with van der Waals surface area (Å²) in [6.45, 7) is 5.51. The molecule has 33 heavy (non-hydrogen) atoms. The molecule has 9 nitrogen and oxygen atoms in total. The van der Waals surface area contributed by atoms with Gasteiger partial charge in [-0.2, -0.15) is 5.10 Å². The van der Waals surface area contributed by atoms with Crippen molar-refractivity contribution in [1.82, 2.24) is 25.1 Å². The summed E-state index contributed by atoms with van der Waals surface area (Å²) < 4.78 is 7.06. The van der Waals surface area contributed by atoms with Gasteiger partial charge in [-0.1, -0.05) is 0 Å². The van der Waals surface area contributed by atoms with Crippen molar-refractivity contribution in [3.05, 3.63) is 36.9 Å². The minimum absolute atomic E-state index is 0.0275. The molecular formula is C24H30N6O3. The maximum atomic E-state index is 12.8. The number of anilines is 1. The molecule has 2 amide bonds. The molecule has 0 aromatic carbocycles. The van der Waals surface area contributed by atoms with Crippen LogP contribution in [-0.2, 0) is 16.6 Å². The van der Waals surface area contributed by atoms with Crippen LogP contribution < -0.4 is 10.6 Å². The summed E-state index contributed by atoms with van der Waals surface area (Å²) in [5.74, 6) is 0.347. The normalized spacial score (nSPS) is 18.7. The Morgan fingerprint density at radius 1 is 1.03 bits per heavy atom. The molecule has 0 spiro atoms. The molecule has 1 aliphatic rings. The van der Waals surface area contributed by atoms with E-state index in [9.17, 15) is 9.59 Å². The lowest BCUT2D eigenvalue weighted by Crippen LogP contribution is -2.42. The van der Waals surface area contributed by atoms with Crippen molar-refractivity contribution in [2.75, 3.05) is 5.32 Å². The number of aryl methyl sites for hydroxylation is 1. The van der Waals surface area contributed by atoms with E-state index < -0.39 is 11.7 Å². The second-order valence-electron chi connectivity index (χ2n) is 9.57. The predicted octanol–water partition coefficient (Wildman–Crippen LogP) is 4.05. The Balaban J connectivity index is 1.35. The fourth-order valence-corrected chi connectivity index (χ4v) is 4.03. The maximum absolute atomic E-state index is 12.8. The summed E-state index contributed by atoms with van der Waals surface area (Å²) in [6.07, 6.45) is 9.65. The number of carbonyl (C=O) groups is 2. The van der Waals surface area contributed by atoms with Crippen LogP contribution in [0, 0.1) is 5.92 Å². The van der Waals surface area contributed by atoms with Crippen molar-refractivity contribution in [3.63, 3.8) is 0 Å². The molecule has 3 aromatic rings. The topological polar surface area (TPSA) is 111 Å². The average molecular weight is 451 g/mol. The largest absolute Gasteiger partial charge is 0.444 e. The van der Waals surface area contributed by atoms with Crippen LogP contribution in [0.25, 0.3) is 22.0 Å². The van der Waals surface area contributed by atoms with Gasteiger partial charge in [-0.15, -0.1) is 0 Å². The van der Waals surface area contributed by atoms with Crippen LogP contribution >= 0.6 is 0 Å². The monoisotopic (exact) mass is 450 g/mol. The minimum atomic E-state index is -0.525. The van der Waals surface area contributed by atoms with Crippen LogP contribution in [0.2, 0.25) is 0 Å². The van der Waals surface area contributed by atoms with Gasteiger partial charge in [0.25, 0.3) is 0 Å². The highest BCUT2D eigenvalue weighted by molar-refractivity contribution is 5.94. The summed E-state index contributed by atoms with van der Waals surface area (Å²) in [5.41, 5.74) is 2.16. The fraction of sp³-hybridized carbons (Fsp3) is 0.458. The van der Waals surface area contributed by atoms with E-state index >= 15 is 0 Å². The Morgan fingerprint density at radius 3 is 2.45 bits per heavy atom. The van der Waals surface area contributed by atoms with Crippen molar-refractivity contribution < 1.29 is 14.3 Å². The third kappa shape index (κ3) is 5.85. The molecule has 2 N–H and O–H groups in total. The summed E-state index contributed by atoms with van der Waals surface area (Å²) in [5, 5.41) is 11.0. The van der Waals surface area contributed by atoms with E-state index in [1.807, 2.05) is 46.1 Å². The SMILES string of the molecule is Cn1cc(-c2cnc3cnc(NC(=O)[C@H]4CC[C@H](NC(=O)OC(C)(C)C)CC4)cc3c2)cn1. The van der Waals surface area contributed by atoms with Gasteiger partial charge in [-0.3, -0.25) is 14.5 Å². The summed E-state index contributed by atoms with van der Waals surface area (Å²) >= 11 is 0. The highest BCUT2D eigenvalue weighted by atomic mass is 16.6. The Morgan fingerprint density at radius 2 is 1.79 bits per heavy atom. The first-order chi connectivity index (χ1) is 15.7. The van der Waals surface area contributed by atoms with Gasteiger partial charge in [0.2, 0.25) is 5.91 Å². The minimum Gasteiger partial charge on any atom is -0.444 e. The molecule has 0 radical (unpaired) electrons. The summed E-state index contributed by atoms with van der Waals surface area (Å²) in [6, 6.07) is 3.89. The number of nitrogens with one attached hydrogen (secondary N) is 2. The van der Waals surface area contributed by atoms with Crippen LogP contribution in [0.4, 0.5) is 10.6 Å². The van der Waals surface area contributed by atoms with Gasteiger partial charge in [0.15, 0.2) is 0 Å². The molecule has 0 saturated heterocycles. The number of amides is 2. The Bertz CT molecular complexity index is 1160. The van der Waals surface area contributed by atoms with Gasteiger partial charge in [-0.25, -0.2) is 9.78 Å². The third-order valence-electron chi connectivity index (χ3n) is 5.68. The van der Waals surface area contributed by atoms with Crippen molar-refractivity contribution in [1.29, 1.82) is 0 Å². The van der Waals surface area contributed by atoms with E-state index in [2.05, 4.69) is 25.7 Å². The molecule has 1 fully saturated rings. The molecular weight excluding hydrogens is 420 g/mol. The number of ether oxygens (including phenoxy) is 1. The number of pyridine rings is 2. The van der Waals surface area contributed by atoms with E-state index in [4.69, 9.17) is 4.74 Å². The van der Waals surface area contributed by atoms with E-state index in [1.54, 1.807) is 23.3 Å². The number of fused-ring (bicyclic) bond motifs is 1. The highest BCUT2D eigenvalue weighted by Gasteiger charge is 2.28. The smallest absolute Gasteiger partial charge is 0.407 e. The van der Waals surface area contributed by atoms with Gasteiger partial charge in [-0.05, 0) is 58.6 Å². The molecule has 3 heterocycles. The molecule has 174 valence electrons. The molecule has 1 aliphatic carbocycles. The first kappa shape index (κ1) is 22.7. The van der Waals surface area contributed by atoms with Gasteiger partial charge in [0, 0.05) is 47.9 Å². The second-order valence-corrected chi connectivity index (χ2v) is 9.57. The van der Waals surface area contributed by atoms with E-state index in [-0.39, 0.29) is 17.9 Å². The number of rotatable bonds is 4. The Hall–Kier alpha value is -3.49. The average Bonchev–Trinajstić information content (AvgIpc) is 3.18. The van der Waals surface area contributed by atoms with Crippen molar-refractivity contribution in [2.24, 2.45) is 13.0 Å². The standard InChI is InChI=1S/C24H30N6O3/c1-24(2,3)33-23(32)28-19-7-5-15(6-8-19)22(31)29-21-10-16-9-17(11-25-20(16)13-26-21)18-12-27-30(4)14-18/h9-15,19H,5-8H2,1-4H3,(H,28,32)(H,26,29,31)/t15-,19-. The Kier molecular flexibility index (Phi) is 6.31. The summed E-state index contributed by atoms with van der Waals surface area (Å²) in [7, 11) is 1.87. The third-order valence-corrected chi connectivity index (χ3v) is 5.68. The quantitative estimate of drug-likeness (QED) is 0.620. The highest BCUT2D eigenvalue weighted by Crippen LogP contribution is 2.27.